The molecule has 3 unspecified atom stereocenters. The number of nitrogens with zero attached hydrogens (tertiary/aromatic N) is 1. The van der Waals surface area contributed by atoms with Gasteiger partial charge in [0.15, 0.2) is 0 Å². The van der Waals surface area contributed by atoms with Crippen molar-refractivity contribution in [3.63, 3.8) is 0 Å². The van der Waals surface area contributed by atoms with E-state index in [2.05, 4.69) is 5.32 Å². The number of hydrogen-bond donors (Lipinski definition) is 1. The van der Waals surface area contributed by atoms with Crippen LogP contribution >= 0.6 is 11.3 Å². The lowest BCUT2D eigenvalue weighted by molar-refractivity contribution is -0.152. The predicted molar refractivity (Wildman–Crippen MR) is 137 cm³/mol. The van der Waals surface area contributed by atoms with Crippen LogP contribution in [0.1, 0.15) is 44.2 Å². The first-order chi connectivity index (χ1) is 16.9. The van der Waals surface area contributed by atoms with Crippen LogP contribution in [0.15, 0.2) is 77.3 Å². The highest BCUT2D eigenvalue weighted by Crippen LogP contribution is 2.49. The van der Waals surface area contributed by atoms with Gasteiger partial charge in [-0.3, -0.25) is 4.79 Å². The summed E-state index contributed by atoms with van der Waals surface area (Å²) in [5.74, 6) is -2.14. The molecule has 3 atom stereocenters. The quantitative estimate of drug-likeness (QED) is 0.445. The number of hydrogen-bond acceptors (Lipinski definition) is 7. The van der Waals surface area contributed by atoms with E-state index in [4.69, 9.17) is 14.5 Å². The highest BCUT2D eigenvalue weighted by atomic mass is 32.1. The van der Waals surface area contributed by atoms with E-state index in [0.29, 0.717) is 11.3 Å². The molecule has 3 aromatic rings. The zero-order chi connectivity index (χ0) is 25.0. The van der Waals surface area contributed by atoms with Gasteiger partial charge < -0.3 is 14.8 Å². The molecule has 1 N–H and O–H groups in total. The van der Waals surface area contributed by atoms with Gasteiger partial charge in [0.05, 0.1) is 30.4 Å². The molecule has 0 fully saturated rings. The van der Waals surface area contributed by atoms with Crippen molar-refractivity contribution in [2.75, 3.05) is 13.2 Å². The van der Waals surface area contributed by atoms with Gasteiger partial charge in [0.2, 0.25) is 0 Å². The Kier molecular flexibility index (Phi) is 7.36. The van der Waals surface area contributed by atoms with Gasteiger partial charge in [-0.25, -0.2) is 9.78 Å². The third-order valence-corrected chi connectivity index (χ3v) is 7.41. The lowest BCUT2D eigenvalue weighted by Crippen LogP contribution is -2.55. The number of benzene rings is 2. The second-order valence-electron chi connectivity index (χ2n) is 8.61. The molecule has 182 valence electrons. The number of thiazole rings is 1. The molecule has 0 spiro atoms. The van der Waals surface area contributed by atoms with Gasteiger partial charge in [0, 0.05) is 22.6 Å². The van der Waals surface area contributed by atoms with Crippen molar-refractivity contribution in [1.29, 1.82) is 0 Å². The summed E-state index contributed by atoms with van der Waals surface area (Å²) in [5, 5.41) is 6.22. The van der Waals surface area contributed by atoms with Gasteiger partial charge in [-0.15, -0.1) is 11.3 Å². The van der Waals surface area contributed by atoms with Crippen LogP contribution in [0, 0.1) is 5.92 Å². The SMILES string of the molecule is CCOC(=O)C1=C(C)NC(C)(c2nc(-c3ccccc3)cs2)C(C(=O)OCC)C1c1ccccc1. The van der Waals surface area contributed by atoms with Crippen LogP contribution in [-0.2, 0) is 24.6 Å². The number of aromatic nitrogens is 1. The minimum atomic E-state index is -0.912. The van der Waals surface area contributed by atoms with Crippen molar-refractivity contribution in [3.8, 4) is 11.3 Å². The standard InChI is InChI=1S/C28H30N2O4S/c1-5-33-25(31)22-18(3)30-28(4,27-29-21(17-35-27)19-13-9-7-10-14-19)24(26(32)34-6-2)23(22)20-15-11-8-12-16-20/h7-17,23-24,30H,5-6H2,1-4H3. The molecule has 0 radical (unpaired) electrons. The molecule has 7 heteroatoms. The molecule has 1 aromatic heterocycles. The summed E-state index contributed by atoms with van der Waals surface area (Å²) in [4.78, 5) is 31.7. The maximum Gasteiger partial charge on any atom is 0.336 e. The van der Waals surface area contributed by atoms with Crippen LogP contribution in [-0.4, -0.2) is 30.1 Å². The van der Waals surface area contributed by atoms with E-state index in [0.717, 1.165) is 21.8 Å². The number of allylic oxidation sites excluding steroid dienone is 1. The smallest absolute Gasteiger partial charge is 0.336 e. The summed E-state index contributed by atoms with van der Waals surface area (Å²) >= 11 is 1.49. The molecule has 0 saturated heterocycles. The lowest BCUT2D eigenvalue weighted by atomic mass is 9.67. The second-order valence-corrected chi connectivity index (χ2v) is 9.47. The second kappa shape index (κ2) is 10.4. The first-order valence-electron chi connectivity index (χ1n) is 11.8. The average molecular weight is 491 g/mol. The van der Waals surface area contributed by atoms with Crippen molar-refractivity contribution in [1.82, 2.24) is 10.3 Å². The van der Waals surface area contributed by atoms with E-state index in [1.807, 2.05) is 79.9 Å². The van der Waals surface area contributed by atoms with Crippen molar-refractivity contribution in [2.24, 2.45) is 5.92 Å². The van der Waals surface area contributed by atoms with Gasteiger partial charge in [-0.05, 0) is 33.3 Å². The Hall–Kier alpha value is -3.45. The number of carbonyl (C=O) groups is 2. The average Bonchev–Trinajstić information content (AvgIpc) is 3.36. The third kappa shape index (κ3) is 4.73. The van der Waals surface area contributed by atoms with E-state index >= 15 is 0 Å². The summed E-state index contributed by atoms with van der Waals surface area (Å²) in [5.41, 5.74) is 2.88. The van der Waals surface area contributed by atoms with E-state index in [-0.39, 0.29) is 19.2 Å². The summed E-state index contributed by atoms with van der Waals surface area (Å²) < 4.78 is 11.0. The minimum absolute atomic E-state index is 0.234. The van der Waals surface area contributed by atoms with Gasteiger partial charge >= 0.3 is 11.9 Å². The Balaban J connectivity index is 1.91. The van der Waals surface area contributed by atoms with Crippen molar-refractivity contribution in [2.45, 2.75) is 39.2 Å². The molecule has 1 aliphatic heterocycles. The van der Waals surface area contributed by atoms with Crippen LogP contribution in [0.3, 0.4) is 0 Å². The Labute approximate surface area is 210 Å². The minimum Gasteiger partial charge on any atom is -0.466 e. The Morgan fingerprint density at radius 2 is 1.63 bits per heavy atom. The molecule has 1 aliphatic rings. The van der Waals surface area contributed by atoms with Crippen LogP contribution in [0.2, 0.25) is 0 Å². The summed E-state index contributed by atoms with van der Waals surface area (Å²) in [7, 11) is 0. The highest BCUT2D eigenvalue weighted by molar-refractivity contribution is 7.10. The molecule has 2 heterocycles. The maximum atomic E-state index is 13.6. The van der Waals surface area contributed by atoms with Gasteiger partial charge in [0.1, 0.15) is 10.5 Å². The third-order valence-electron chi connectivity index (χ3n) is 6.33. The molecular weight excluding hydrogens is 460 g/mol. The van der Waals surface area contributed by atoms with Crippen LogP contribution in [0.4, 0.5) is 0 Å². The van der Waals surface area contributed by atoms with Crippen molar-refractivity contribution >= 4 is 23.3 Å². The molecule has 0 aliphatic carbocycles. The molecule has 4 rings (SSSR count). The van der Waals surface area contributed by atoms with Crippen LogP contribution < -0.4 is 5.32 Å². The van der Waals surface area contributed by atoms with Gasteiger partial charge in [-0.1, -0.05) is 60.7 Å². The van der Waals surface area contributed by atoms with Crippen LogP contribution in [0.25, 0.3) is 11.3 Å². The Morgan fingerprint density at radius 3 is 2.26 bits per heavy atom. The molecule has 35 heavy (non-hydrogen) atoms. The number of ether oxygens (including phenoxy) is 2. The van der Waals surface area contributed by atoms with E-state index in [1.54, 1.807) is 13.8 Å². The molecule has 0 amide bonds. The zero-order valence-electron chi connectivity index (χ0n) is 20.4. The fourth-order valence-electron chi connectivity index (χ4n) is 4.82. The summed E-state index contributed by atoms with van der Waals surface area (Å²) in [6, 6.07) is 19.5. The zero-order valence-corrected chi connectivity index (χ0v) is 21.2. The molecule has 0 saturated carbocycles. The van der Waals surface area contributed by atoms with Crippen molar-refractivity contribution < 1.29 is 19.1 Å². The van der Waals surface area contributed by atoms with Crippen molar-refractivity contribution in [3.05, 3.63) is 87.9 Å². The Morgan fingerprint density at radius 1 is 1.00 bits per heavy atom. The molecule has 0 bridgehead atoms. The summed E-state index contributed by atoms with van der Waals surface area (Å²) in [6.07, 6.45) is 0. The summed E-state index contributed by atoms with van der Waals surface area (Å²) in [6.45, 7) is 7.85. The largest absolute Gasteiger partial charge is 0.466 e. The van der Waals surface area contributed by atoms with Gasteiger partial charge in [0.25, 0.3) is 0 Å². The highest BCUT2D eigenvalue weighted by Gasteiger charge is 2.54. The molecule has 2 aromatic carbocycles. The van der Waals surface area contributed by atoms with E-state index in [1.165, 1.54) is 11.3 Å². The molecular formula is C28H30N2O4S. The first-order valence-corrected chi connectivity index (χ1v) is 12.7. The fraction of sp³-hybridized carbons (Fsp3) is 0.321. The van der Waals surface area contributed by atoms with E-state index < -0.39 is 23.3 Å². The van der Waals surface area contributed by atoms with Gasteiger partial charge in [-0.2, -0.15) is 0 Å². The van der Waals surface area contributed by atoms with E-state index in [9.17, 15) is 9.59 Å². The van der Waals surface area contributed by atoms with Crippen LogP contribution in [0.5, 0.6) is 0 Å². The monoisotopic (exact) mass is 490 g/mol. The number of carbonyl (C=O) groups excluding carboxylic acids is 2. The Bertz CT molecular complexity index is 1220. The maximum absolute atomic E-state index is 13.6. The number of esters is 2. The topological polar surface area (TPSA) is 77.5 Å². The first kappa shape index (κ1) is 24.7. The number of nitrogens with one attached hydrogen (secondary N) is 1. The fourth-order valence-corrected chi connectivity index (χ4v) is 5.81. The predicted octanol–water partition coefficient (Wildman–Crippen LogP) is 5.43. The lowest BCUT2D eigenvalue weighted by Gasteiger charge is -2.45. The number of rotatable bonds is 7. The molecule has 6 nitrogen and oxygen atoms in total. The normalized spacial score (nSPS) is 21.8.